The van der Waals surface area contributed by atoms with Crippen molar-refractivity contribution < 1.29 is 14.5 Å². The second-order valence-corrected chi connectivity index (χ2v) is 4.96. The van der Waals surface area contributed by atoms with Crippen LogP contribution < -0.4 is 5.32 Å². The summed E-state index contributed by atoms with van der Waals surface area (Å²) >= 11 is 5.16. The predicted octanol–water partition coefficient (Wildman–Crippen LogP) is 1.34. The van der Waals surface area contributed by atoms with E-state index in [-0.39, 0.29) is 11.6 Å². The van der Waals surface area contributed by atoms with E-state index in [4.69, 9.17) is 17.0 Å². The lowest BCUT2D eigenvalue weighted by Crippen LogP contribution is -2.47. The molecule has 1 aliphatic rings. The van der Waals surface area contributed by atoms with Crippen LogP contribution in [0.1, 0.15) is 5.56 Å². The van der Waals surface area contributed by atoms with E-state index in [2.05, 4.69) is 5.32 Å². The number of hydrogen-bond donors (Lipinski definition) is 1. The molecule has 0 radical (unpaired) electrons. The van der Waals surface area contributed by atoms with Gasteiger partial charge >= 0.3 is 0 Å². The highest BCUT2D eigenvalue weighted by atomic mass is 32.1. The molecule has 1 fully saturated rings. The topological polar surface area (TPSA) is 84.7 Å². The first-order valence-corrected chi connectivity index (χ1v) is 7.07. The largest absolute Gasteiger partial charge is 0.378 e. The molecular formula is C14H15N3O4S. The third kappa shape index (κ3) is 4.61. The molecule has 1 saturated heterocycles. The predicted molar refractivity (Wildman–Crippen MR) is 85.3 cm³/mol. The maximum absolute atomic E-state index is 11.8. The Labute approximate surface area is 132 Å². The van der Waals surface area contributed by atoms with E-state index in [1.165, 1.54) is 18.2 Å². The van der Waals surface area contributed by atoms with Crippen LogP contribution in [0.4, 0.5) is 5.69 Å². The monoisotopic (exact) mass is 321 g/mol. The van der Waals surface area contributed by atoms with Crippen LogP contribution in [0.25, 0.3) is 6.08 Å². The zero-order valence-corrected chi connectivity index (χ0v) is 12.5. The summed E-state index contributed by atoms with van der Waals surface area (Å²) in [5.41, 5.74) is 0.702. The van der Waals surface area contributed by atoms with Crippen molar-refractivity contribution >= 4 is 35.0 Å². The highest BCUT2D eigenvalue weighted by Crippen LogP contribution is 2.12. The molecule has 2 rings (SSSR count). The summed E-state index contributed by atoms with van der Waals surface area (Å²) in [6.07, 6.45) is 2.91. The number of non-ortho nitro benzene ring substituents is 1. The van der Waals surface area contributed by atoms with Crippen LogP contribution >= 0.6 is 12.2 Å². The molecule has 7 nitrogen and oxygen atoms in total. The second-order valence-electron chi connectivity index (χ2n) is 4.58. The minimum atomic E-state index is -0.471. The highest BCUT2D eigenvalue weighted by Gasteiger charge is 2.14. The molecule has 22 heavy (non-hydrogen) atoms. The standard InChI is InChI=1S/C14H15N3O4S/c18-13(15-14(22)16-7-9-21-10-8-16)6-3-11-1-4-12(5-2-11)17(19)20/h1-6H,7-10H2,(H,15,18,22)/b6-3+. The average Bonchev–Trinajstić information content (AvgIpc) is 2.54. The van der Waals surface area contributed by atoms with E-state index in [0.29, 0.717) is 37.0 Å². The van der Waals surface area contributed by atoms with E-state index in [1.807, 2.05) is 4.90 Å². The summed E-state index contributed by atoms with van der Waals surface area (Å²) < 4.78 is 5.21. The molecule has 1 aromatic carbocycles. The molecule has 0 aliphatic carbocycles. The van der Waals surface area contributed by atoms with Gasteiger partial charge in [0.1, 0.15) is 0 Å². The summed E-state index contributed by atoms with van der Waals surface area (Å²) in [5.74, 6) is -0.338. The number of hydrogen-bond acceptors (Lipinski definition) is 5. The summed E-state index contributed by atoms with van der Waals surface area (Å²) in [5, 5.41) is 13.5. The molecule has 0 saturated carbocycles. The Kier molecular flexibility index (Phi) is 5.56. The lowest BCUT2D eigenvalue weighted by Gasteiger charge is -2.28. The number of nitrogens with zero attached hydrogens (tertiary/aromatic N) is 2. The fourth-order valence-electron chi connectivity index (χ4n) is 1.87. The summed E-state index contributed by atoms with van der Waals surface area (Å²) in [7, 11) is 0. The van der Waals surface area contributed by atoms with Gasteiger partial charge in [-0.1, -0.05) is 0 Å². The minimum absolute atomic E-state index is 0.00935. The molecule has 1 amide bonds. The van der Waals surface area contributed by atoms with Gasteiger partial charge in [-0.25, -0.2) is 0 Å². The molecule has 1 aromatic rings. The van der Waals surface area contributed by atoms with Crippen LogP contribution in [0.3, 0.4) is 0 Å². The summed E-state index contributed by atoms with van der Waals surface area (Å²) in [6, 6.07) is 5.91. The Balaban J connectivity index is 1.87. The van der Waals surface area contributed by atoms with Crippen molar-refractivity contribution in [1.82, 2.24) is 10.2 Å². The summed E-state index contributed by atoms with van der Waals surface area (Å²) in [4.78, 5) is 23.7. The molecule has 1 aliphatic heterocycles. The van der Waals surface area contributed by atoms with Crippen LogP contribution in [-0.2, 0) is 9.53 Å². The average molecular weight is 321 g/mol. The van der Waals surface area contributed by atoms with Crippen molar-refractivity contribution in [2.24, 2.45) is 0 Å². The van der Waals surface area contributed by atoms with Crippen LogP contribution in [0, 0.1) is 10.1 Å². The van der Waals surface area contributed by atoms with Gasteiger partial charge in [0.05, 0.1) is 18.1 Å². The number of ether oxygens (including phenoxy) is 1. The second kappa shape index (κ2) is 7.62. The summed E-state index contributed by atoms with van der Waals surface area (Å²) in [6.45, 7) is 2.50. The van der Waals surface area contributed by atoms with E-state index in [1.54, 1.807) is 18.2 Å². The zero-order chi connectivity index (χ0) is 15.9. The van der Waals surface area contributed by atoms with Gasteiger partial charge in [-0.05, 0) is 36.0 Å². The third-order valence-electron chi connectivity index (χ3n) is 3.06. The van der Waals surface area contributed by atoms with Crippen molar-refractivity contribution in [3.63, 3.8) is 0 Å². The van der Waals surface area contributed by atoms with E-state index < -0.39 is 4.92 Å². The van der Waals surface area contributed by atoms with Crippen molar-refractivity contribution in [2.45, 2.75) is 0 Å². The molecule has 1 heterocycles. The van der Waals surface area contributed by atoms with E-state index in [0.717, 1.165) is 0 Å². The quantitative estimate of drug-likeness (QED) is 0.391. The molecule has 0 atom stereocenters. The van der Waals surface area contributed by atoms with Gasteiger partial charge < -0.3 is 9.64 Å². The first-order chi connectivity index (χ1) is 10.6. The first kappa shape index (κ1) is 16.1. The van der Waals surface area contributed by atoms with Gasteiger partial charge in [0, 0.05) is 31.3 Å². The maximum atomic E-state index is 11.8. The number of nitro benzene ring substituents is 1. The zero-order valence-electron chi connectivity index (χ0n) is 11.7. The molecule has 0 bridgehead atoms. The molecule has 116 valence electrons. The van der Waals surface area contributed by atoms with Crippen molar-refractivity contribution in [3.05, 3.63) is 46.0 Å². The Morgan fingerprint density at radius 2 is 1.95 bits per heavy atom. The molecule has 0 aromatic heterocycles. The molecule has 1 N–H and O–H groups in total. The maximum Gasteiger partial charge on any atom is 0.269 e. The van der Waals surface area contributed by atoms with Gasteiger partial charge in [0.15, 0.2) is 5.11 Å². The number of rotatable bonds is 3. The number of nitrogens with one attached hydrogen (secondary N) is 1. The lowest BCUT2D eigenvalue weighted by molar-refractivity contribution is -0.384. The van der Waals surface area contributed by atoms with Crippen molar-refractivity contribution in [3.8, 4) is 0 Å². The fraction of sp³-hybridized carbons (Fsp3) is 0.286. The van der Waals surface area contributed by atoms with Crippen LogP contribution in [0.15, 0.2) is 30.3 Å². The minimum Gasteiger partial charge on any atom is -0.378 e. The van der Waals surface area contributed by atoms with Crippen LogP contribution in [0.2, 0.25) is 0 Å². The fourth-order valence-corrected chi connectivity index (χ4v) is 2.15. The molecule has 0 spiro atoms. The van der Waals surface area contributed by atoms with Crippen LogP contribution in [-0.4, -0.2) is 47.1 Å². The van der Waals surface area contributed by atoms with Crippen molar-refractivity contribution in [1.29, 1.82) is 0 Å². The Morgan fingerprint density at radius 3 is 2.55 bits per heavy atom. The van der Waals surface area contributed by atoms with Crippen LogP contribution in [0.5, 0.6) is 0 Å². The normalized spacial score (nSPS) is 14.8. The van der Waals surface area contributed by atoms with Gasteiger partial charge in [0.25, 0.3) is 5.69 Å². The number of carbonyl (C=O) groups excluding carboxylic acids is 1. The van der Waals surface area contributed by atoms with E-state index >= 15 is 0 Å². The number of morpholine rings is 1. The molecule has 0 unspecified atom stereocenters. The Hall–Kier alpha value is -2.32. The van der Waals surface area contributed by atoms with Gasteiger partial charge in [-0.15, -0.1) is 0 Å². The number of carbonyl (C=O) groups is 1. The first-order valence-electron chi connectivity index (χ1n) is 6.66. The third-order valence-corrected chi connectivity index (χ3v) is 3.42. The van der Waals surface area contributed by atoms with Crippen molar-refractivity contribution in [2.75, 3.05) is 26.3 Å². The van der Waals surface area contributed by atoms with Gasteiger partial charge in [-0.3, -0.25) is 20.2 Å². The highest BCUT2D eigenvalue weighted by molar-refractivity contribution is 7.80. The molecular weight excluding hydrogens is 306 g/mol. The smallest absolute Gasteiger partial charge is 0.269 e. The lowest BCUT2D eigenvalue weighted by atomic mass is 10.2. The number of thiocarbonyl (C=S) groups is 1. The van der Waals surface area contributed by atoms with E-state index in [9.17, 15) is 14.9 Å². The van der Waals surface area contributed by atoms with Gasteiger partial charge in [-0.2, -0.15) is 0 Å². The van der Waals surface area contributed by atoms with Gasteiger partial charge in [0.2, 0.25) is 5.91 Å². The molecule has 8 heteroatoms. The number of benzene rings is 1. The SMILES string of the molecule is O=C(/C=C/c1ccc([N+](=O)[O-])cc1)NC(=S)N1CCOCC1. The Bertz CT molecular complexity index is 595. The Morgan fingerprint density at radius 1 is 1.32 bits per heavy atom. The number of nitro groups is 1. The number of amides is 1.